The molecular formula is C21H33N3O. The summed E-state index contributed by atoms with van der Waals surface area (Å²) in [6.45, 7) is 12.1. The van der Waals surface area contributed by atoms with E-state index < -0.39 is 0 Å². The Balaban J connectivity index is 1.85. The van der Waals surface area contributed by atoms with Crippen molar-refractivity contribution in [3.8, 4) is 0 Å². The highest BCUT2D eigenvalue weighted by Crippen LogP contribution is 2.19. The lowest BCUT2D eigenvalue weighted by Crippen LogP contribution is -2.35. The number of carbonyl (C=O) groups excluding carboxylic acids is 1. The third-order valence-corrected chi connectivity index (χ3v) is 4.33. The molecular weight excluding hydrogens is 310 g/mol. The van der Waals surface area contributed by atoms with Crippen LogP contribution in [0.2, 0.25) is 0 Å². The molecule has 4 heteroatoms. The molecule has 1 N–H and O–H groups in total. The lowest BCUT2D eigenvalue weighted by molar-refractivity contribution is -0.128. The van der Waals surface area contributed by atoms with Crippen molar-refractivity contribution in [3.05, 3.63) is 30.1 Å². The van der Waals surface area contributed by atoms with E-state index in [-0.39, 0.29) is 11.3 Å². The van der Waals surface area contributed by atoms with Gasteiger partial charge in [-0.15, -0.1) is 0 Å². The summed E-state index contributed by atoms with van der Waals surface area (Å²) in [5.41, 5.74) is 2.03. The van der Waals surface area contributed by atoms with Gasteiger partial charge in [0, 0.05) is 24.9 Å². The van der Waals surface area contributed by atoms with Crippen LogP contribution in [0.25, 0.3) is 11.0 Å². The fourth-order valence-electron chi connectivity index (χ4n) is 2.94. The van der Waals surface area contributed by atoms with Crippen LogP contribution in [0, 0.1) is 11.3 Å². The highest BCUT2D eigenvalue weighted by atomic mass is 16.2. The van der Waals surface area contributed by atoms with Crippen LogP contribution >= 0.6 is 0 Å². The van der Waals surface area contributed by atoms with Crippen molar-refractivity contribution in [2.45, 2.75) is 66.8 Å². The second-order valence-electron chi connectivity index (χ2n) is 8.34. The highest BCUT2D eigenvalue weighted by Gasteiger charge is 2.20. The number of hydrogen-bond donors (Lipinski definition) is 1. The van der Waals surface area contributed by atoms with Crippen molar-refractivity contribution in [2.24, 2.45) is 11.3 Å². The number of nitrogens with zero attached hydrogens (tertiary/aromatic N) is 2. The van der Waals surface area contributed by atoms with Gasteiger partial charge in [-0.25, -0.2) is 4.98 Å². The highest BCUT2D eigenvalue weighted by molar-refractivity contribution is 5.81. The van der Waals surface area contributed by atoms with Crippen LogP contribution in [0.3, 0.4) is 0 Å². The third kappa shape index (κ3) is 5.58. The molecule has 0 spiro atoms. The molecule has 0 unspecified atom stereocenters. The Kier molecular flexibility index (Phi) is 6.63. The van der Waals surface area contributed by atoms with Gasteiger partial charge in [-0.3, -0.25) is 4.79 Å². The van der Waals surface area contributed by atoms with E-state index in [9.17, 15) is 4.79 Å². The number of nitrogens with one attached hydrogen (secondary N) is 1. The number of aromatic nitrogens is 2. The Morgan fingerprint density at radius 2 is 1.88 bits per heavy atom. The molecule has 0 fully saturated rings. The van der Waals surface area contributed by atoms with Gasteiger partial charge in [-0.05, 0) is 30.9 Å². The van der Waals surface area contributed by atoms with E-state index in [0.717, 1.165) is 44.3 Å². The molecule has 1 aromatic carbocycles. The van der Waals surface area contributed by atoms with E-state index in [2.05, 4.69) is 48.0 Å². The van der Waals surface area contributed by atoms with Crippen LogP contribution in [0.15, 0.2) is 24.3 Å². The van der Waals surface area contributed by atoms with Gasteiger partial charge in [0.05, 0.1) is 11.0 Å². The Morgan fingerprint density at radius 3 is 2.56 bits per heavy atom. The van der Waals surface area contributed by atoms with Crippen LogP contribution < -0.4 is 5.32 Å². The molecule has 0 radical (unpaired) electrons. The van der Waals surface area contributed by atoms with Gasteiger partial charge in [0.25, 0.3) is 0 Å². The van der Waals surface area contributed by atoms with Crippen molar-refractivity contribution >= 4 is 16.9 Å². The summed E-state index contributed by atoms with van der Waals surface area (Å²) in [5, 5.41) is 3.02. The minimum absolute atomic E-state index is 0.131. The van der Waals surface area contributed by atoms with Crippen LogP contribution in [0.5, 0.6) is 0 Å². The van der Waals surface area contributed by atoms with E-state index in [0.29, 0.717) is 5.92 Å². The summed E-state index contributed by atoms with van der Waals surface area (Å²) < 4.78 is 2.38. The van der Waals surface area contributed by atoms with Crippen molar-refractivity contribution in [1.29, 1.82) is 0 Å². The summed E-state index contributed by atoms with van der Waals surface area (Å²) in [5.74, 6) is 1.92. The van der Waals surface area contributed by atoms with Crippen LogP contribution in [0.4, 0.5) is 0 Å². The zero-order valence-corrected chi connectivity index (χ0v) is 16.4. The number of imidazole rings is 1. The molecule has 0 saturated carbocycles. The largest absolute Gasteiger partial charge is 0.356 e. The normalized spacial score (nSPS) is 12.1. The molecule has 0 aliphatic rings. The van der Waals surface area contributed by atoms with E-state index >= 15 is 0 Å². The summed E-state index contributed by atoms with van der Waals surface area (Å²) in [7, 11) is 0. The molecule has 0 aliphatic carbocycles. The molecule has 1 aromatic heterocycles. The van der Waals surface area contributed by atoms with E-state index in [1.807, 2.05) is 20.8 Å². The van der Waals surface area contributed by atoms with E-state index in [1.54, 1.807) is 0 Å². The Bertz CT molecular complexity index is 695. The van der Waals surface area contributed by atoms with Crippen molar-refractivity contribution in [2.75, 3.05) is 6.54 Å². The molecule has 2 rings (SSSR count). The second kappa shape index (κ2) is 8.50. The second-order valence-corrected chi connectivity index (χ2v) is 8.34. The Hall–Kier alpha value is -1.84. The molecule has 2 aromatic rings. The average molecular weight is 344 g/mol. The minimum atomic E-state index is -0.304. The standard InChI is InChI=1S/C21H33N3O/c1-16(2)15-24-18-12-9-8-11-17(18)23-19(24)13-7-6-10-14-22-20(25)21(3,4)5/h8-9,11-12,16H,6-7,10,13-15H2,1-5H3,(H,22,25). The maximum Gasteiger partial charge on any atom is 0.225 e. The number of hydrogen-bond acceptors (Lipinski definition) is 2. The monoisotopic (exact) mass is 343 g/mol. The predicted octanol–water partition coefficient (Wildman–Crippen LogP) is 4.57. The van der Waals surface area contributed by atoms with Gasteiger partial charge < -0.3 is 9.88 Å². The number of aryl methyl sites for hydroxylation is 1. The van der Waals surface area contributed by atoms with Gasteiger partial charge in [0.1, 0.15) is 5.82 Å². The van der Waals surface area contributed by atoms with Crippen molar-refractivity contribution in [3.63, 3.8) is 0 Å². The van der Waals surface area contributed by atoms with E-state index in [4.69, 9.17) is 4.98 Å². The summed E-state index contributed by atoms with van der Waals surface area (Å²) in [4.78, 5) is 16.7. The number of carbonyl (C=O) groups is 1. The first-order valence-electron chi connectivity index (χ1n) is 9.51. The molecule has 0 saturated heterocycles. The minimum Gasteiger partial charge on any atom is -0.356 e. The Morgan fingerprint density at radius 1 is 1.16 bits per heavy atom. The van der Waals surface area contributed by atoms with Gasteiger partial charge in [0.15, 0.2) is 0 Å². The number of benzene rings is 1. The zero-order valence-electron chi connectivity index (χ0n) is 16.4. The van der Waals surface area contributed by atoms with Crippen LogP contribution in [-0.4, -0.2) is 22.0 Å². The fraction of sp³-hybridized carbons (Fsp3) is 0.619. The van der Waals surface area contributed by atoms with Crippen molar-refractivity contribution in [1.82, 2.24) is 14.9 Å². The SMILES string of the molecule is CC(C)Cn1c(CCCCCNC(=O)C(C)(C)C)nc2ccccc21. The average Bonchev–Trinajstić information content (AvgIpc) is 2.87. The molecule has 1 amide bonds. The van der Waals surface area contributed by atoms with Gasteiger partial charge >= 0.3 is 0 Å². The topological polar surface area (TPSA) is 46.9 Å². The number of unbranched alkanes of at least 4 members (excludes halogenated alkanes) is 2. The van der Waals surface area contributed by atoms with Crippen LogP contribution in [-0.2, 0) is 17.8 Å². The molecule has 0 aliphatic heterocycles. The number of fused-ring (bicyclic) bond motifs is 1. The van der Waals surface area contributed by atoms with Gasteiger partial charge in [0.2, 0.25) is 5.91 Å². The maximum absolute atomic E-state index is 11.8. The van der Waals surface area contributed by atoms with Gasteiger partial charge in [-0.2, -0.15) is 0 Å². The molecule has 4 nitrogen and oxygen atoms in total. The molecule has 0 bridgehead atoms. The quantitative estimate of drug-likeness (QED) is 0.714. The van der Waals surface area contributed by atoms with Crippen molar-refractivity contribution < 1.29 is 4.79 Å². The molecule has 0 atom stereocenters. The smallest absolute Gasteiger partial charge is 0.225 e. The fourth-order valence-corrected chi connectivity index (χ4v) is 2.94. The predicted molar refractivity (Wildman–Crippen MR) is 105 cm³/mol. The number of rotatable bonds is 8. The molecule has 1 heterocycles. The lowest BCUT2D eigenvalue weighted by Gasteiger charge is -2.17. The summed E-state index contributed by atoms with van der Waals surface area (Å²) >= 11 is 0. The number of amides is 1. The van der Waals surface area contributed by atoms with E-state index in [1.165, 1.54) is 11.3 Å². The summed E-state index contributed by atoms with van der Waals surface area (Å²) in [6, 6.07) is 8.40. The lowest BCUT2D eigenvalue weighted by atomic mass is 9.96. The first kappa shape index (κ1) is 19.5. The number of para-hydroxylation sites is 2. The van der Waals surface area contributed by atoms with Gasteiger partial charge in [-0.1, -0.05) is 53.2 Å². The maximum atomic E-state index is 11.8. The Labute approximate surface area is 152 Å². The first-order valence-corrected chi connectivity index (χ1v) is 9.51. The molecule has 138 valence electrons. The zero-order chi connectivity index (χ0) is 18.4. The molecule has 25 heavy (non-hydrogen) atoms. The van der Waals surface area contributed by atoms with Crippen LogP contribution in [0.1, 0.15) is 59.7 Å². The first-order chi connectivity index (χ1) is 11.8. The third-order valence-electron chi connectivity index (χ3n) is 4.33. The summed E-state index contributed by atoms with van der Waals surface area (Å²) in [6.07, 6.45) is 4.23.